The molecule has 1 saturated heterocycles. The first kappa shape index (κ1) is 63.5. The van der Waals surface area contributed by atoms with E-state index >= 15 is 0 Å². The number of guanidine groups is 2. The van der Waals surface area contributed by atoms with Crippen LogP contribution in [0, 0.1) is 0 Å². The molecular formula is C49H69ClN18O9S2. The average molecular weight is 1150 g/mol. The summed E-state index contributed by atoms with van der Waals surface area (Å²) in [6, 6.07) is 5.16. The number of nitrogens with zero attached hydrogens (tertiary/aromatic N) is 3. The third-order valence-corrected chi connectivity index (χ3v) is 14.5. The van der Waals surface area contributed by atoms with E-state index in [0.29, 0.717) is 16.8 Å². The number of imidazole rings is 1. The maximum Gasteiger partial charge on any atom is 0.244 e. The fourth-order valence-electron chi connectivity index (χ4n) is 8.05. The van der Waals surface area contributed by atoms with Crippen LogP contribution in [0.2, 0.25) is 0 Å². The van der Waals surface area contributed by atoms with Gasteiger partial charge in [-0.3, -0.25) is 53.1 Å². The van der Waals surface area contributed by atoms with E-state index in [9.17, 15) is 43.2 Å². The van der Waals surface area contributed by atoms with E-state index in [2.05, 4.69) is 67.5 Å². The molecule has 2 aromatic heterocycles. The molecule has 1 fully saturated rings. The zero-order valence-electron chi connectivity index (χ0n) is 43.5. The van der Waals surface area contributed by atoms with Crippen LogP contribution in [0.15, 0.2) is 83.3 Å². The molecule has 0 aliphatic carbocycles. The van der Waals surface area contributed by atoms with Crippen LogP contribution in [0.5, 0.6) is 0 Å². The van der Waals surface area contributed by atoms with E-state index in [0.717, 1.165) is 32.5 Å². The largest absolute Gasteiger partial charge is 0.370 e. The number of halogens is 1. The van der Waals surface area contributed by atoms with Gasteiger partial charge in [0.2, 0.25) is 53.2 Å². The Labute approximate surface area is 469 Å². The van der Waals surface area contributed by atoms with Crippen molar-refractivity contribution in [2.45, 2.75) is 107 Å². The molecule has 1 aliphatic heterocycles. The number of fused-ring (bicyclic) bond motifs is 1. The van der Waals surface area contributed by atoms with Crippen LogP contribution >= 0.6 is 34.0 Å². The second kappa shape index (κ2) is 32.0. The molecule has 27 nitrogen and oxygen atoms in total. The minimum atomic E-state index is -1.40. The van der Waals surface area contributed by atoms with Crippen molar-refractivity contribution in [2.75, 3.05) is 24.6 Å². The summed E-state index contributed by atoms with van der Waals surface area (Å²) in [6.07, 6.45) is 4.53. The maximum absolute atomic E-state index is 14.6. The molecule has 1 aliphatic rings. The first-order valence-corrected chi connectivity index (χ1v) is 27.4. The molecule has 4 aromatic rings. The quantitative estimate of drug-likeness (QED) is 0.0208. The van der Waals surface area contributed by atoms with E-state index < -0.39 is 101 Å². The van der Waals surface area contributed by atoms with Gasteiger partial charge in [0, 0.05) is 79.8 Å². The summed E-state index contributed by atoms with van der Waals surface area (Å²) in [5.41, 5.74) is 30.3. The van der Waals surface area contributed by atoms with Crippen molar-refractivity contribution in [1.29, 1.82) is 0 Å². The molecule has 0 saturated carbocycles. The highest BCUT2D eigenvalue weighted by molar-refractivity contribution is 8.76. The number of primary amides is 1. The Morgan fingerprint density at radius 2 is 1.27 bits per heavy atom. The van der Waals surface area contributed by atoms with E-state index in [-0.39, 0.29) is 93.9 Å². The number of para-hydroxylation sites is 1. The standard InChI is InChI=1S/C49H68N18O9S2.ClH/c1-26-41(70)63-37(20-30-22-55-25-59-30)46(75)64-35(18-28-10-4-3-5-11-28)44(73)62-34(15-9-17-57-49(53)54)43(72)65-36(19-29-21-58-32-13-7-6-12-31(29)32)45(74)66-38(40(50)69)23-77-78-24-39(47(76)60-26)67-42(71)33(61-27(2)68)14-8-16-56-48(51)52;/h3-7,10-13,21-22,25-26,33-39,58H,8-9,14-20,23-24H2,1-2H3,(H2,50,69)(H,55,59)(H,60,76)(H,61,68)(H,62,73)(H,63,70)(H,64,75)(H,65,72)(H,66,74)(H,67,71)(H4,51,52,56)(H4,53,54,57);1H/t26-,33+,34+,35-,36+,37+,38+,39+;/m1./s1. The van der Waals surface area contributed by atoms with Crippen LogP contribution in [0.25, 0.3) is 10.9 Å². The van der Waals surface area contributed by atoms with Gasteiger partial charge in [0.1, 0.15) is 48.3 Å². The molecule has 2 aromatic carbocycles. The summed E-state index contributed by atoms with van der Waals surface area (Å²) in [5.74, 6) is -7.96. The van der Waals surface area contributed by atoms with Crippen molar-refractivity contribution < 1.29 is 43.2 Å². The Morgan fingerprint density at radius 1 is 0.684 bits per heavy atom. The fraction of sp³-hybridized carbons (Fsp3) is 0.429. The number of nitrogens with one attached hydrogen (secondary N) is 10. The van der Waals surface area contributed by atoms with Crippen LogP contribution in [-0.2, 0) is 62.4 Å². The van der Waals surface area contributed by atoms with Gasteiger partial charge in [-0.05, 0) is 49.8 Å². The minimum absolute atomic E-state index is 0. The summed E-state index contributed by atoms with van der Waals surface area (Å²) in [5, 5.41) is 22.1. The second-order valence-electron chi connectivity index (χ2n) is 18.3. The number of carbonyl (C=O) groups excluding carboxylic acids is 9. The first-order chi connectivity index (χ1) is 37.3. The van der Waals surface area contributed by atoms with Gasteiger partial charge in [-0.15, -0.1) is 12.4 Å². The number of nitrogens with two attached hydrogens (primary N) is 5. The van der Waals surface area contributed by atoms with E-state index in [1.165, 1.54) is 26.4 Å². The number of hydrogen-bond acceptors (Lipinski definition) is 14. The molecule has 0 spiro atoms. The number of amides is 9. The molecule has 0 unspecified atom stereocenters. The Balaban J connectivity index is 0.0000134. The smallest absolute Gasteiger partial charge is 0.244 e. The topological polar surface area (TPSA) is 449 Å². The Kier molecular flexibility index (Phi) is 25.7. The molecule has 3 heterocycles. The predicted molar refractivity (Wildman–Crippen MR) is 302 cm³/mol. The summed E-state index contributed by atoms with van der Waals surface area (Å²) in [4.78, 5) is 144. The van der Waals surface area contributed by atoms with Gasteiger partial charge in [-0.25, -0.2) is 4.98 Å². The van der Waals surface area contributed by atoms with Crippen LogP contribution in [0.1, 0.15) is 56.4 Å². The molecule has 79 heavy (non-hydrogen) atoms. The van der Waals surface area contributed by atoms with E-state index in [4.69, 9.17) is 28.7 Å². The molecule has 9 amide bonds. The van der Waals surface area contributed by atoms with Gasteiger partial charge in [-0.2, -0.15) is 0 Å². The summed E-state index contributed by atoms with van der Waals surface area (Å²) in [6.45, 7) is 2.74. The molecule has 8 atom stereocenters. The van der Waals surface area contributed by atoms with Gasteiger partial charge in [0.15, 0.2) is 11.9 Å². The van der Waals surface area contributed by atoms with Gasteiger partial charge in [-0.1, -0.05) is 70.1 Å². The molecular weight excluding hydrogens is 1080 g/mol. The van der Waals surface area contributed by atoms with Gasteiger partial charge < -0.3 is 81.2 Å². The number of aromatic amines is 2. The van der Waals surface area contributed by atoms with Crippen molar-refractivity contribution in [3.63, 3.8) is 0 Å². The predicted octanol–water partition coefficient (Wildman–Crippen LogP) is -2.75. The van der Waals surface area contributed by atoms with Crippen LogP contribution in [-0.4, -0.2) is 153 Å². The van der Waals surface area contributed by atoms with Crippen LogP contribution in [0.4, 0.5) is 0 Å². The number of aromatic nitrogens is 3. The number of hydrogen-bond donors (Lipinski definition) is 15. The summed E-state index contributed by atoms with van der Waals surface area (Å²) in [7, 11) is 2.02. The lowest BCUT2D eigenvalue weighted by molar-refractivity contribution is -0.135. The Morgan fingerprint density at radius 3 is 1.91 bits per heavy atom. The number of rotatable bonds is 18. The van der Waals surface area contributed by atoms with Gasteiger partial charge >= 0.3 is 0 Å². The SMILES string of the molecule is CC(=O)N[C@@H](CCCN=C(N)N)C(=O)N[C@H]1CSSC[C@@H](C(N)=O)NC(=O)[C@H](Cc2c[nH]c3ccccc23)NC(=O)[C@H](CCCN=C(N)N)NC(=O)[C@@H](Cc2ccccc2)NC(=O)[C@H](Cc2cnc[nH]2)NC(=O)[C@@H](C)NC1=O.Cl. The van der Waals surface area contributed by atoms with Gasteiger partial charge in [0.25, 0.3) is 0 Å². The minimum Gasteiger partial charge on any atom is -0.370 e. The molecule has 30 heteroatoms. The van der Waals surface area contributed by atoms with Crippen molar-refractivity contribution in [3.8, 4) is 0 Å². The second-order valence-corrected chi connectivity index (χ2v) is 20.8. The highest BCUT2D eigenvalue weighted by Crippen LogP contribution is 2.24. The zero-order valence-corrected chi connectivity index (χ0v) is 45.9. The van der Waals surface area contributed by atoms with Crippen molar-refractivity contribution >= 4 is 110 Å². The lowest BCUT2D eigenvalue weighted by atomic mass is 10.0. The third kappa shape index (κ3) is 21.0. The van der Waals surface area contributed by atoms with Gasteiger partial charge in [0.05, 0.1) is 6.33 Å². The highest BCUT2D eigenvalue weighted by Gasteiger charge is 2.35. The monoisotopic (exact) mass is 1150 g/mol. The maximum atomic E-state index is 14.6. The lowest BCUT2D eigenvalue weighted by Crippen LogP contribution is -2.61. The third-order valence-electron chi connectivity index (χ3n) is 12.1. The number of benzene rings is 2. The van der Waals surface area contributed by atoms with E-state index in [1.54, 1.807) is 42.6 Å². The molecule has 0 radical (unpaired) electrons. The highest BCUT2D eigenvalue weighted by atomic mass is 35.5. The number of carbonyl (C=O) groups is 9. The lowest BCUT2D eigenvalue weighted by Gasteiger charge is -2.27. The Hall–Kier alpha value is -8.05. The van der Waals surface area contributed by atoms with E-state index in [1.807, 2.05) is 18.2 Å². The molecule has 428 valence electrons. The molecule has 0 bridgehead atoms. The molecule has 5 rings (SSSR count). The van der Waals surface area contributed by atoms with Crippen molar-refractivity contribution in [2.24, 2.45) is 38.7 Å². The Bertz CT molecular complexity index is 2780. The van der Waals surface area contributed by atoms with Crippen molar-refractivity contribution in [1.82, 2.24) is 57.5 Å². The van der Waals surface area contributed by atoms with Crippen LogP contribution < -0.4 is 71.2 Å². The molecule has 20 N–H and O–H groups in total. The summed E-state index contributed by atoms with van der Waals surface area (Å²) < 4.78 is 0. The zero-order chi connectivity index (χ0) is 56.7. The average Bonchev–Trinajstić information content (AvgIpc) is 4.12. The summed E-state index contributed by atoms with van der Waals surface area (Å²) >= 11 is 0. The van der Waals surface area contributed by atoms with Crippen molar-refractivity contribution in [3.05, 3.63) is 90.1 Å². The number of aliphatic imine (C=N–C) groups is 2. The first-order valence-electron chi connectivity index (χ1n) is 24.9. The number of H-pyrrole nitrogens is 2. The normalized spacial score (nSPS) is 21.4. The fourth-order valence-corrected chi connectivity index (χ4v) is 10.4. The van der Waals surface area contributed by atoms with Crippen LogP contribution in [0.3, 0.4) is 0 Å².